The monoisotopic (exact) mass is 368 g/mol. The zero-order valence-electron chi connectivity index (χ0n) is 14.8. The molecule has 0 bridgehead atoms. The summed E-state index contributed by atoms with van der Waals surface area (Å²) in [7, 11) is 0. The van der Waals surface area contributed by atoms with E-state index in [4.69, 9.17) is 11.2 Å². The van der Waals surface area contributed by atoms with Gasteiger partial charge < -0.3 is 10.1 Å². The fourth-order valence-electron chi connectivity index (χ4n) is 3.47. The van der Waals surface area contributed by atoms with Crippen LogP contribution in [0.25, 0.3) is 0 Å². The molecule has 7 nitrogen and oxygen atoms in total. The third-order valence-corrected chi connectivity index (χ3v) is 4.82. The van der Waals surface area contributed by atoms with Gasteiger partial charge in [-0.2, -0.15) is 0 Å². The molecule has 1 saturated carbocycles. The lowest BCUT2D eigenvalue weighted by Crippen LogP contribution is -2.40. The average Bonchev–Trinajstić information content (AvgIpc) is 2.95. The van der Waals surface area contributed by atoms with Crippen molar-refractivity contribution in [3.05, 3.63) is 34.9 Å². The summed E-state index contributed by atoms with van der Waals surface area (Å²) in [6.07, 6.45) is 9.76. The Morgan fingerprint density at radius 3 is 2.56 bits per heavy atom. The molecule has 0 aromatic heterocycles. The fourth-order valence-corrected chi connectivity index (χ4v) is 3.47. The van der Waals surface area contributed by atoms with Crippen LogP contribution >= 0.6 is 0 Å². The lowest BCUT2D eigenvalue weighted by atomic mass is 9.94. The van der Waals surface area contributed by atoms with Crippen LogP contribution in [-0.2, 0) is 9.53 Å². The van der Waals surface area contributed by atoms with Crippen molar-refractivity contribution in [3.8, 4) is 12.3 Å². The molecule has 0 radical (unpaired) electrons. The van der Waals surface area contributed by atoms with Crippen molar-refractivity contribution in [1.29, 1.82) is 0 Å². The number of hydrogen-bond donors (Lipinski definition) is 1. The predicted octanol–water partition coefficient (Wildman–Crippen LogP) is 1.52. The number of fused-ring (bicyclic) bond motifs is 1. The van der Waals surface area contributed by atoms with Gasteiger partial charge in [-0.25, -0.2) is 4.79 Å². The van der Waals surface area contributed by atoms with E-state index < -0.39 is 18.5 Å². The molecular weight excluding hydrogens is 348 g/mol. The molecule has 1 N–H and O–H groups in total. The molecule has 1 fully saturated rings. The van der Waals surface area contributed by atoms with Crippen LogP contribution in [0.2, 0.25) is 0 Å². The van der Waals surface area contributed by atoms with Crippen molar-refractivity contribution in [2.45, 2.75) is 38.1 Å². The molecule has 1 aromatic carbocycles. The quantitative estimate of drug-likeness (QED) is 0.483. The number of benzene rings is 1. The van der Waals surface area contributed by atoms with Crippen LogP contribution in [0.5, 0.6) is 0 Å². The maximum absolute atomic E-state index is 12.7. The molecule has 3 amide bonds. The fraction of sp³-hybridized carbons (Fsp3) is 0.400. The standard InChI is InChI=1S/C20H20N2O5/c1-2-10-21-17(23)12-27-20(26)13-8-9-15-16(11-13)19(25)22(18(15)24)14-6-4-3-5-7-14/h1,8-9,11,14H,3-7,10,12H2,(H,21,23). The average molecular weight is 368 g/mol. The zero-order valence-corrected chi connectivity index (χ0v) is 14.8. The van der Waals surface area contributed by atoms with Crippen molar-refractivity contribution in [2.75, 3.05) is 13.2 Å². The van der Waals surface area contributed by atoms with Gasteiger partial charge in [-0.05, 0) is 31.0 Å². The minimum absolute atomic E-state index is 0.0445. The molecule has 3 rings (SSSR count). The Labute approximate surface area is 157 Å². The van der Waals surface area contributed by atoms with Gasteiger partial charge in [0, 0.05) is 6.04 Å². The van der Waals surface area contributed by atoms with Gasteiger partial charge in [0.25, 0.3) is 17.7 Å². The summed E-state index contributed by atoms with van der Waals surface area (Å²) in [5, 5.41) is 2.38. The SMILES string of the molecule is C#CCNC(=O)COC(=O)c1ccc2c(c1)C(=O)N(C1CCCCC1)C2=O. The van der Waals surface area contributed by atoms with Crippen molar-refractivity contribution in [2.24, 2.45) is 0 Å². The summed E-state index contributed by atoms with van der Waals surface area (Å²) in [5.41, 5.74) is 0.621. The van der Waals surface area contributed by atoms with E-state index in [0.717, 1.165) is 32.1 Å². The predicted molar refractivity (Wildman–Crippen MR) is 95.9 cm³/mol. The van der Waals surface area contributed by atoms with E-state index >= 15 is 0 Å². The smallest absolute Gasteiger partial charge is 0.338 e. The van der Waals surface area contributed by atoms with Gasteiger partial charge in [-0.3, -0.25) is 19.3 Å². The van der Waals surface area contributed by atoms with Crippen LogP contribution in [0, 0.1) is 12.3 Å². The summed E-state index contributed by atoms with van der Waals surface area (Å²) in [5.74, 6) is 0.296. The first-order valence-electron chi connectivity index (χ1n) is 8.92. The summed E-state index contributed by atoms with van der Waals surface area (Å²) in [4.78, 5) is 50.3. The first-order chi connectivity index (χ1) is 13.0. The van der Waals surface area contributed by atoms with Gasteiger partial charge in [0.1, 0.15) is 0 Å². The number of carbonyl (C=O) groups excluding carboxylic acids is 4. The first-order valence-corrected chi connectivity index (χ1v) is 8.92. The minimum atomic E-state index is -0.745. The molecule has 1 aliphatic carbocycles. The maximum Gasteiger partial charge on any atom is 0.338 e. The topological polar surface area (TPSA) is 92.8 Å². The number of terminal acetylenes is 1. The molecule has 140 valence electrons. The largest absolute Gasteiger partial charge is 0.452 e. The molecule has 7 heteroatoms. The van der Waals surface area contributed by atoms with Crippen LogP contribution in [0.15, 0.2) is 18.2 Å². The Bertz CT molecular complexity index is 833. The molecule has 0 atom stereocenters. The van der Waals surface area contributed by atoms with Gasteiger partial charge in [-0.15, -0.1) is 6.42 Å². The highest BCUT2D eigenvalue weighted by atomic mass is 16.5. The van der Waals surface area contributed by atoms with E-state index in [1.165, 1.54) is 23.1 Å². The molecular formula is C20H20N2O5. The minimum Gasteiger partial charge on any atom is -0.452 e. The number of ether oxygens (including phenoxy) is 1. The number of nitrogens with zero attached hydrogens (tertiary/aromatic N) is 1. The molecule has 1 aliphatic heterocycles. The van der Waals surface area contributed by atoms with Crippen molar-refractivity contribution in [1.82, 2.24) is 10.2 Å². The third kappa shape index (κ3) is 3.85. The van der Waals surface area contributed by atoms with Crippen LogP contribution < -0.4 is 5.32 Å². The van der Waals surface area contributed by atoms with Gasteiger partial charge in [0.2, 0.25) is 0 Å². The lowest BCUT2D eigenvalue weighted by Gasteiger charge is -2.29. The molecule has 0 saturated heterocycles. The van der Waals surface area contributed by atoms with Crippen molar-refractivity contribution < 1.29 is 23.9 Å². The molecule has 1 heterocycles. The Morgan fingerprint density at radius 2 is 1.85 bits per heavy atom. The number of amides is 3. The number of hydrogen-bond acceptors (Lipinski definition) is 5. The summed E-state index contributed by atoms with van der Waals surface area (Å²) in [6.45, 7) is -0.429. The van der Waals surface area contributed by atoms with Crippen molar-refractivity contribution >= 4 is 23.7 Å². The maximum atomic E-state index is 12.7. The third-order valence-electron chi connectivity index (χ3n) is 4.82. The Balaban J connectivity index is 1.71. The number of imide groups is 1. The second kappa shape index (κ2) is 8.04. The molecule has 2 aliphatic rings. The summed E-state index contributed by atoms with van der Waals surface area (Å²) < 4.78 is 4.92. The highest BCUT2D eigenvalue weighted by molar-refractivity contribution is 6.22. The number of carbonyl (C=O) groups is 4. The Hall–Kier alpha value is -3.14. The van der Waals surface area contributed by atoms with E-state index in [9.17, 15) is 19.2 Å². The van der Waals surface area contributed by atoms with Crippen LogP contribution in [0.3, 0.4) is 0 Å². The van der Waals surface area contributed by atoms with Crippen molar-refractivity contribution in [3.63, 3.8) is 0 Å². The van der Waals surface area contributed by atoms with E-state index in [2.05, 4.69) is 11.2 Å². The van der Waals surface area contributed by atoms with E-state index in [1.54, 1.807) is 0 Å². The molecule has 0 spiro atoms. The second-order valence-electron chi connectivity index (χ2n) is 6.59. The summed E-state index contributed by atoms with van der Waals surface area (Å²) >= 11 is 0. The zero-order chi connectivity index (χ0) is 19.4. The van der Waals surface area contributed by atoms with Gasteiger partial charge in [-0.1, -0.05) is 25.2 Å². The highest BCUT2D eigenvalue weighted by Gasteiger charge is 2.40. The molecule has 27 heavy (non-hydrogen) atoms. The Morgan fingerprint density at radius 1 is 1.15 bits per heavy atom. The Kier molecular flexibility index (Phi) is 5.55. The summed E-state index contributed by atoms with van der Waals surface area (Å²) in [6, 6.07) is 4.17. The molecule has 1 aromatic rings. The van der Waals surface area contributed by atoms with E-state index in [-0.39, 0.29) is 35.5 Å². The first kappa shape index (κ1) is 18.6. The number of esters is 1. The van der Waals surface area contributed by atoms with Gasteiger partial charge >= 0.3 is 5.97 Å². The van der Waals surface area contributed by atoms with E-state index in [0.29, 0.717) is 5.56 Å². The normalized spacial score (nSPS) is 16.6. The van der Waals surface area contributed by atoms with E-state index in [1.807, 2.05) is 0 Å². The lowest BCUT2D eigenvalue weighted by molar-refractivity contribution is -0.123. The van der Waals surface area contributed by atoms with Crippen LogP contribution in [-0.4, -0.2) is 47.8 Å². The second-order valence-corrected chi connectivity index (χ2v) is 6.59. The van der Waals surface area contributed by atoms with Gasteiger partial charge in [0.05, 0.1) is 23.2 Å². The van der Waals surface area contributed by atoms with Gasteiger partial charge in [0.15, 0.2) is 6.61 Å². The highest BCUT2D eigenvalue weighted by Crippen LogP contribution is 2.31. The molecule has 0 unspecified atom stereocenters. The van der Waals surface area contributed by atoms with Crippen LogP contribution in [0.1, 0.15) is 63.2 Å². The number of nitrogens with one attached hydrogen (secondary N) is 1. The number of rotatable bonds is 5. The van der Waals surface area contributed by atoms with Crippen LogP contribution in [0.4, 0.5) is 0 Å².